The number of halogens is 2. The Morgan fingerprint density at radius 2 is 1.72 bits per heavy atom. The summed E-state index contributed by atoms with van der Waals surface area (Å²) >= 11 is 6.71. The number of carbonyl (C=O) groups excluding carboxylic acids is 2. The molecule has 25 heavy (non-hydrogen) atoms. The third-order valence-electron chi connectivity index (χ3n) is 3.72. The van der Waals surface area contributed by atoms with E-state index in [4.69, 9.17) is 4.74 Å². The molecule has 0 aromatic heterocycles. The minimum Gasteiger partial charge on any atom is -0.467 e. The average Bonchev–Trinajstić information content (AvgIpc) is 2.60. The van der Waals surface area contributed by atoms with E-state index in [-0.39, 0.29) is 5.91 Å². The molecule has 0 aliphatic carbocycles. The normalized spacial score (nSPS) is 11.6. The molecule has 0 bridgehead atoms. The lowest BCUT2D eigenvalue weighted by molar-refractivity contribution is -0.143. The Morgan fingerprint density at radius 3 is 2.32 bits per heavy atom. The van der Waals surface area contributed by atoms with Crippen LogP contribution in [0.15, 0.2) is 57.5 Å². The van der Waals surface area contributed by atoms with Gasteiger partial charge in [0, 0.05) is 14.5 Å². The smallest absolute Gasteiger partial charge is 0.328 e. The maximum atomic E-state index is 12.5. The molecule has 0 radical (unpaired) electrons. The van der Waals surface area contributed by atoms with Gasteiger partial charge in [-0.1, -0.05) is 62.2 Å². The van der Waals surface area contributed by atoms with Gasteiger partial charge in [0.2, 0.25) is 0 Å². The summed E-state index contributed by atoms with van der Waals surface area (Å²) in [6, 6.07) is 14.6. The fourth-order valence-corrected chi connectivity index (χ4v) is 3.77. The third kappa shape index (κ3) is 6.29. The quantitative estimate of drug-likeness (QED) is 0.608. The number of esters is 1. The van der Waals surface area contributed by atoms with Crippen molar-refractivity contribution in [3.63, 3.8) is 0 Å². The summed E-state index contributed by atoms with van der Waals surface area (Å²) in [5, 5.41) is 2.77. The van der Waals surface area contributed by atoms with Crippen molar-refractivity contribution in [3.05, 3.63) is 68.6 Å². The molecule has 0 aliphatic heterocycles. The summed E-state index contributed by atoms with van der Waals surface area (Å²) in [6.07, 6.45) is 2.13. The molecule has 4 nitrogen and oxygen atoms in total. The molecule has 132 valence electrons. The molecule has 0 heterocycles. The number of amides is 1. The average molecular weight is 469 g/mol. The van der Waals surface area contributed by atoms with Crippen LogP contribution in [-0.4, -0.2) is 25.0 Å². The number of ether oxygens (including phenoxy) is 1. The molecule has 0 unspecified atom stereocenters. The van der Waals surface area contributed by atoms with Gasteiger partial charge < -0.3 is 10.1 Å². The molecule has 0 spiro atoms. The maximum Gasteiger partial charge on any atom is 0.328 e. The maximum absolute atomic E-state index is 12.5. The largest absolute Gasteiger partial charge is 0.467 e. The van der Waals surface area contributed by atoms with Gasteiger partial charge in [-0.25, -0.2) is 4.79 Å². The number of aryl methyl sites for hydroxylation is 1. The molecule has 0 saturated carbocycles. The highest BCUT2D eigenvalue weighted by molar-refractivity contribution is 9.11. The Kier molecular flexibility index (Phi) is 7.65. The second-order valence-corrected chi connectivity index (χ2v) is 7.42. The lowest BCUT2D eigenvalue weighted by atomic mass is 10.0. The van der Waals surface area contributed by atoms with Crippen molar-refractivity contribution in [3.8, 4) is 0 Å². The fourth-order valence-electron chi connectivity index (χ4n) is 2.47. The van der Waals surface area contributed by atoms with Gasteiger partial charge in [-0.05, 0) is 43.0 Å². The monoisotopic (exact) mass is 467 g/mol. The third-order valence-corrected chi connectivity index (χ3v) is 4.63. The van der Waals surface area contributed by atoms with Gasteiger partial charge in [0.05, 0.1) is 7.11 Å². The number of benzene rings is 2. The van der Waals surface area contributed by atoms with Crippen LogP contribution in [0.2, 0.25) is 0 Å². The molecule has 0 aliphatic rings. The first-order valence-corrected chi connectivity index (χ1v) is 9.47. The van der Waals surface area contributed by atoms with Gasteiger partial charge in [0.1, 0.15) is 6.04 Å². The van der Waals surface area contributed by atoms with E-state index in [0.717, 1.165) is 21.8 Å². The minimum atomic E-state index is -0.668. The molecule has 1 amide bonds. The Morgan fingerprint density at radius 1 is 1.08 bits per heavy atom. The van der Waals surface area contributed by atoms with E-state index in [1.165, 1.54) is 12.7 Å². The van der Waals surface area contributed by atoms with Crippen LogP contribution in [0.5, 0.6) is 0 Å². The highest BCUT2D eigenvalue weighted by Gasteiger charge is 2.22. The number of nitrogens with one attached hydrogen (secondary N) is 1. The molecule has 6 heteroatoms. The van der Waals surface area contributed by atoms with E-state index in [1.807, 2.05) is 36.4 Å². The Hall–Kier alpha value is -1.66. The van der Waals surface area contributed by atoms with Crippen molar-refractivity contribution in [1.82, 2.24) is 5.32 Å². The van der Waals surface area contributed by atoms with Crippen LogP contribution in [0.25, 0.3) is 0 Å². The number of methoxy groups -OCH3 is 1. The van der Waals surface area contributed by atoms with Crippen LogP contribution in [0.4, 0.5) is 0 Å². The standard InChI is InChI=1S/C19H19Br2NO3/c1-25-19(24)17(9-5-8-13-6-3-2-4-7-13)22-18(23)14-10-15(20)12-16(21)11-14/h2-4,6-7,10-12,17H,5,8-9H2,1H3,(H,22,23)/t17-/m1/s1. The highest BCUT2D eigenvalue weighted by Crippen LogP contribution is 2.20. The minimum absolute atomic E-state index is 0.308. The second kappa shape index (κ2) is 9.73. The summed E-state index contributed by atoms with van der Waals surface area (Å²) in [4.78, 5) is 24.5. The Bertz CT molecular complexity index is 714. The van der Waals surface area contributed by atoms with Crippen molar-refractivity contribution in [2.75, 3.05) is 7.11 Å². The van der Waals surface area contributed by atoms with Crippen LogP contribution >= 0.6 is 31.9 Å². The number of carbonyl (C=O) groups is 2. The SMILES string of the molecule is COC(=O)[C@@H](CCCc1ccccc1)NC(=O)c1cc(Br)cc(Br)c1. The van der Waals surface area contributed by atoms with Gasteiger partial charge >= 0.3 is 5.97 Å². The van der Waals surface area contributed by atoms with E-state index in [0.29, 0.717) is 12.0 Å². The van der Waals surface area contributed by atoms with E-state index in [9.17, 15) is 9.59 Å². The molecule has 2 aromatic carbocycles. The zero-order chi connectivity index (χ0) is 18.2. The molecular weight excluding hydrogens is 450 g/mol. The highest BCUT2D eigenvalue weighted by atomic mass is 79.9. The topological polar surface area (TPSA) is 55.4 Å². The zero-order valence-corrected chi connectivity index (χ0v) is 17.0. The van der Waals surface area contributed by atoms with Crippen molar-refractivity contribution < 1.29 is 14.3 Å². The zero-order valence-electron chi connectivity index (χ0n) is 13.8. The molecule has 2 rings (SSSR count). The van der Waals surface area contributed by atoms with E-state index >= 15 is 0 Å². The first-order valence-electron chi connectivity index (χ1n) is 7.88. The Labute approximate surface area is 164 Å². The van der Waals surface area contributed by atoms with Gasteiger partial charge in [0.25, 0.3) is 5.91 Å². The van der Waals surface area contributed by atoms with Crippen LogP contribution in [-0.2, 0) is 16.0 Å². The molecule has 0 fully saturated rings. The summed E-state index contributed by atoms with van der Waals surface area (Å²) in [5.74, 6) is -0.743. The van der Waals surface area contributed by atoms with Crippen molar-refractivity contribution in [2.24, 2.45) is 0 Å². The van der Waals surface area contributed by atoms with Gasteiger partial charge in [-0.3, -0.25) is 4.79 Å². The Balaban J connectivity index is 1.99. The van der Waals surface area contributed by atoms with Crippen molar-refractivity contribution in [1.29, 1.82) is 0 Å². The second-order valence-electron chi connectivity index (χ2n) is 5.59. The predicted molar refractivity (Wildman–Crippen MR) is 104 cm³/mol. The van der Waals surface area contributed by atoms with Gasteiger partial charge in [-0.2, -0.15) is 0 Å². The lowest BCUT2D eigenvalue weighted by Gasteiger charge is -2.17. The van der Waals surface area contributed by atoms with Crippen LogP contribution in [0.1, 0.15) is 28.8 Å². The van der Waals surface area contributed by atoms with E-state index in [1.54, 1.807) is 12.1 Å². The molecule has 0 saturated heterocycles. The molecule has 1 atom stereocenters. The number of rotatable bonds is 7. The summed E-state index contributed by atoms with van der Waals surface area (Å²) < 4.78 is 6.39. The van der Waals surface area contributed by atoms with Crippen molar-refractivity contribution in [2.45, 2.75) is 25.3 Å². The van der Waals surface area contributed by atoms with Crippen LogP contribution < -0.4 is 5.32 Å². The first-order chi connectivity index (χ1) is 12.0. The first kappa shape index (κ1) is 19.7. The fraction of sp³-hybridized carbons (Fsp3) is 0.263. The van der Waals surface area contributed by atoms with Gasteiger partial charge in [-0.15, -0.1) is 0 Å². The number of hydrogen-bond acceptors (Lipinski definition) is 3. The summed E-state index contributed by atoms with van der Waals surface area (Å²) in [6.45, 7) is 0. The summed E-state index contributed by atoms with van der Waals surface area (Å²) in [7, 11) is 1.33. The summed E-state index contributed by atoms with van der Waals surface area (Å²) in [5.41, 5.74) is 1.67. The van der Waals surface area contributed by atoms with E-state index in [2.05, 4.69) is 37.2 Å². The van der Waals surface area contributed by atoms with Gasteiger partial charge in [0.15, 0.2) is 0 Å². The molecule has 1 N–H and O–H groups in total. The van der Waals surface area contributed by atoms with Crippen molar-refractivity contribution >= 4 is 43.7 Å². The molecule has 2 aromatic rings. The lowest BCUT2D eigenvalue weighted by Crippen LogP contribution is -2.41. The van der Waals surface area contributed by atoms with Crippen LogP contribution in [0, 0.1) is 0 Å². The molecular formula is C19H19Br2NO3. The van der Waals surface area contributed by atoms with Crippen LogP contribution in [0.3, 0.4) is 0 Å². The number of hydrogen-bond donors (Lipinski definition) is 1. The van der Waals surface area contributed by atoms with E-state index < -0.39 is 12.0 Å². The predicted octanol–water partition coefficient (Wildman–Crippen LogP) is 4.51.